The van der Waals surface area contributed by atoms with Gasteiger partial charge in [-0.25, -0.2) is 10.4 Å². The largest absolute Gasteiger partial charge is 0.337 e. The van der Waals surface area contributed by atoms with Gasteiger partial charge in [-0.3, -0.25) is 4.79 Å². The number of hydrogen-bond acceptors (Lipinski definition) is 3. The maximum absolute atomic E-state index is 12.1. The van der Waals surface area contributed by atoms with Crippen LogP contribution in [0.4, 0.5) is 0 Å². The summed E-state index contributed by atoms with van der Waals surface area (Å²) in [5, 5.41) is 4.04. The first-order chi connectivity index (χ1) is 10.3. The molecule has 1 aromatic carbocycles. The Bertz CT molecular complexity index is 660. The predicted octanol–water partition coefficient (Wildman–Crippen LogP) is 2.45. The number of carbonyl (C=O) groups excluding carboxylic acids is 1. The van der Waals surface area contributed by atoms with Crippen LogP contribution in [-0.2, 0) is 4.79 Å². The number of hydrogen-bond donors (Lipinski definition) is 2. The SMILES string of the molecule is O=C(N/N=C\c1nc2ccccc2[nH]1)C1[C@@H]2CCCC[C@@H]12. The fourth-order valence-corrected chi connectivity index (χ4v) is 3.65. The van der Waals surface area contributed by atoms with Crippen LogP contribution in [0.5, 0.6) is 0 Å². The number of imidazole rings is 1. The molecule has 1 aromatic heterocycles. The topological polar surface area (TPSA) is 70.1 Å². The van der Waals surface area contributed by atoms with Gasteiger partial charge in [-0.05, 0) is 36.8 Å². The zero-order valence-electron chi connectivity index (χ0n) is 11.7. The van der Waals surface area contributed by atoms with Gasteiger partial charge in [0.05, 0.1) is 17.2 Å². The van der Waals surface area contributed by atoms with Gasteiger partial charge in [0, 0.05) is 5.92 Å². The summed E-state index contributed by atoms with van der Waals surface area (Å²) >= 11 is 0. The lowest BCUT2D eigenvalue weighted by molar-refractivity contribution is -0.122. The second-order valence-electron chi connectivity index (χ2n) is 6.01. The van der Waals surface area contributed by atoms with Crippen molar-refractivity contribution in [2.24, 2.45) is 22.9 Å². The van der Waals surface area contributed by atoms with Crippen molar-refractivity contribution >= 4 is 23.2 Å². The minimum absolute atomic E-state index is 0.0688. The lowest BCUT2D eigenvalue weighted by Gasteiger charge is -2.04. The Balaban J connectivity index is 1.38. The molecule has 2 aliphatic rings. The number of nitrogens with zero attached hydrogens (tertiary/aromatic N) is 2. The average molecular weight is 282 g/mol. The summed E-state index contributed by atoms with van der Waals surface area (Å²) in [6.45, 7) is 0. The van der Waals surface area contributed by atoms with E-state index in [0.717, 1.165) is 11.0 Å². The van der Waals surface area contributed by atoms with Gasteiger partial charge >= 0.3 is 0 Å². The Kier molecular flexibility index (Phi) is 2.98. The number of H-pyrrole nitrogens is 1. The molecular weight excluding hydrogens is 264 g/mol. The minimum Gasteiger partial charge on any atom is -0.337 e. The van der Waals surface area contributed by atoms with Gasteiger partial charge in [-0.1, -0.05) is 25.0 Å². The van der Waals surface area contributed by atoms with E-state index in [1.54, 1.807) is 6.21 Å². The predicted molar refractivity (Wildman–Crippen MR) is 80.8 cm³/mol. The van der Waals surface area contributed by atoms with Gasteiger partial charge in [0.2, 0.25) is 5.91 Å². The smallest absolute Gasteiger partial charge is 0.243 e. The standard InChI is InChI=1S/C16H18N4O/c21-16(15-10-5-1-2-6-11(10)15)20-17-9-14-18-12-7-3-4-8-13(12)19-14/h3-4,7-11,15H,1-2,5-6H2,(H,18,19)(H,20,21)/b17-9-/t10-,11-/m1/s1. The number of benzene rings is 1. The number of rotatable bonds is 3. The second kappa shape index (κ2) is 4.98. The molecule has 108 valence electrons. The number of hydrazone groups is 1. The Labute approximate surface area is 122 Å². The summed E-state index contributed by atoms with van der Waals surface area (Å²) in [6.07, 6.45) is 6.52. The molecule has 21 heavy (non-hydrogen) atoms. The van der Waals surface area contributed by atoms with Crippen LogP contribution in [0.15, 0.2) is 29.4 Å². The molecular formula is C16H18N4O. The van der Waals surface area contributed by atoms with Crippen molar-refractivity contribution in [3.05, 3.63) is 30.1 Å². The van der Waals surface area contributed by atoms with E-state index in [2.05, 4.69) is 20.5 Å². The number of aromatic amines is 1. The van der Waals surface area contributed by atoms with E-state index in [9.17, 15) is 4.79 Å². The highest BCUT2D eigenvalue weighted by molar-refractivity contribution is 5.86. The third kappa shape index (κ3) is 2.33. The summed E-state index contributed by atoms with van der Waals surface area (Å²) in [5.41, 5.74) is 4.54. The normalized spacial score (nSPS) is 27.7. The van der Waals surface area contributed by atoms with Crippen LogP contribution in [0.25, 0.3) is 11.0 Å². The minimum atomic E-state index is 0.0688. The lowest BCUT2D eigenvalue weighted by atomic mass is 10.0. The molecule has 2 aliphatic carbocycles. The van der Waals surface area contributed by atoms with Crippen molar-refractivity contribution < 1.29 is 4.79 Å². The van der Waals surface area contributed by atoms with Gasteiger partial charge in [0.25, 0.3) is 0 Å². The van der Waals surface area contributed by atoms with Crippen LogP contribution in [0.3, 0.4) is 0 Å². The van der Waals surface area contributed by atoms with Gasteiger partial charge in [-0.2, -0.15) is 5.10 Å². The van der Waals surface area contributed by atoms with Crippen LogP contribution >= 0.6 is 0 Å². The molecule has 0 radical (unpaired) electrons. The number of carbonyl (C=O) groups is 1. The molecule has 2 saturated carbocycles. The van der Waals surface area contributed by atoms with E-state index in [1.807, 2.05) is 24.3 Å². The fourth-order valence-electron chi connectivity index (χ4n) is 3.65. The highest BCUT2D eigenvalue weighted by Crippen LogP contribution is 2.55. The first-order valence-electron chi connectivity index (χ1n) is 7.60. The molecule has 4 rings (SSSR count). The van der Waals surface area contributed by atoms with Crippen molar-refractivity contribution in [2.45, 2.75) is 25.7 Å². The average Bonchev–Trinajstić information content (AvgIpc) is 3.09. The molecule has 0 aliphatic heterocycles. The first-order valence-corrected chi connectivity index (χ1v) is 7.60. The monoisotopic (exact) mass is 282 g/mol. The molecule has 2 atom stereocenters. The molecule has 2 N–H and O–H groups in total. The molecule has 5 heteroatoms. The van der Waals surface area contributed by atoms with Crippen molar-refractivity contribution in [3.8, 4) is 0 Å². The summed E-state index contributed by atoms with van der Waals surface area (Å²) in [6, 6.07) is 7.81. The van der Waals surface area contributed by atoms with Gasteiger partial charge in [0.1, 0.15) is 0 Å². The van der Waals surface area contributed by atoms with Crippen molar-refractivity contribution in [2.75, 3.05) is 0 Å². The molecule has 0 saturated heterocycles. The zero-order chi connectivity index (χ0) is 14.2. The molecule has 0 spiro atoms. The molecule has 2 aromatic rings. The zero-order valence-corrected chi connectivity index (χ0v) is 11.7. The maximum Gasteiger partial charge on any atom is 0.243 e. The van der Waals surface area contributed by atoms with Gasteiger partial charge in [-0.15, -0.1) is 0 Å². The lowest BCUT2D eigenvalue weighted by Crippen LogP contribution is -2.20. The summed E-state index contributed by atoms with van der Waals surface area (Å²) in [5.74, 6) is 2.14. The highest BCUT2D eigenvalue weighted by Gasteiger charge is 2.54. The van der Waals surface area contributed by atoms with E-state index in [0.29, 0.717) is 17.7 Å². The molecule has 0 bridgehead atoms. The number of aromatic nitrogens is 2. The van der Waals surface area contributed by atoms with E-state index in [4.69, 9.17) is 0 Å². The molecule has 0 unspecified atom stereocenters. The second-order valence-corrected chi connectivity index (χ2v) is 6.01. The molecule has 1 amide bonds. The van der Waals surface area contributed by atoms with Gasteiger partial charge in [0.15, 0.2) is 5.82 Å². The third-order valence-corrected chi connectivity index (χ3v) is 4.73. The Hall–Kier alpha value is -2.17. The van der Waals surface area contributed by atoms with Gasteiger partial charge < -0.3 is 4.98 Å². The van der Waals surface area contributed by atoms with Crippen molar-refractivity contribution in [1.82, 2.24) is 15.4 Å². The van der Waals surface area contributed by atoms with E-state index in [1.165, 1.54) is 25.7 Å². The maximum atomic E-state index is 12.1. The third-order valence-electron chi connectivity index (χ3n) is 4.73. The summed E-state index contributed by atoms with van der Waals surface area (Å²) < 4.78 is 0. The quantitative estimate of drug-likeness (QED) is 0.670. The molecule has 5 nitrogen and oxygen atoms in total. The number of amides is 1. The Morgan fingerprint density at radius 3 is 2.81 bits per heavy atom. The van der Waals surface area contributed by atoms with Crippen molar-refractivity contribution in [3.63, 3.8) is 0 Å². The Morgan fingerprint density at radius 1 is 1.29 bits per heavy atom. The van der Waals surface area contributed by atoms with E-state index < -0.39 is 0 Å². The number of fused-ring (bicyclic) bond motifs is 2. The fraction of sp³-hybridized carbons (Fsp3) is 0.438. The van der Waals surface area contributed by atoms with Crippen molar-refractivity contribution in [1.29, 1.82) is 0 Å². The van der Waals surface area contributed by atoms with Crippen LogP contribution in [0.2, 0.25) is 0 Å². The van der Waals surface area contributed by atoms with Crippen LogP contribution < -0.4 is 5.43 Å². The number of para-hydroxylation sites is 2. The van der Waals surface area contributed by atoms with E-state index in [-0.39, 0.29) is 11.8 Å². The number of nitrogens with one attached hydrogen (secondary N) is 2. The van der Waals surface area contributed by atoms with E-state index >= 15 is 0 Å². The Morgan fingerprint density at radius 2 is 2.05 bits per heavy atom. The summed E-state index contributed by atoms with van der Waals surface area (Å²) in [4.78, 5) is 19.6. The molecule has 2 fully saturated rings. The van der Waals surface area contributed by atoms with Crippen LogP contribution in [-0.4, -0.2) is 22.1 Å². The van der Waals surface area contributed by atoms with Crippen LogP contribution in [0, 0.1) is 17.8 Å². The summed E-state index contributed by atoms with van der Waals surface area (Å²) in [7, 11) is 0. The first kappa shape index (κ1) is 12.6. The molecule has 1 heterocycles. The van der Waals surface area contributed by atoms with Crippen LogP contribution in [0.1, 0.15) is 31.5 Å². The highest BCUT2D eigenvalue weighted by atomic mass is 16.2.